The van der Waals surface area contributed by atoms with E-state index in [1.807, 2.05) is 0 Å². The Morgan fingerprint density at radius 2 is 2.24 bits per heavy atom. The Labute approximate surface area is 105 Å². The van der Waals surface area contributed by atoms with Gasteiger partial charge in [0.25, 0.3) is 5.69 Å². The average molecular weight is 255 g/mol. The highest BCUT2D eigenvalue weighted by Crippen LogP contribution is 2.31. The molecular formula is C12H15ClN2O2. The number of hydrogen-bond donors (Lipinski definition) is 1. The molecule has 0 amide bonds. The lowest BCUT2D eigenvalue weighted by Gasteiger charge is -2.15. The van der Waals surface area contributed by atoms with Crippen molar-refractivity contribution < 1.29 is 4.92 Å². The molecule has 92 valence electrons. The molecule has 2 atom stereocenters. The number of nitro groups is 1. The van der Waals surface area contributed by atoms with E-state index in [1.54, 1.807) is 6.07 Å². The van der Waals surface area contributed by atoms with Gasteiger partial charge in [-0.1, -0.05) is 24.1 Å². The van der Waals surface area contributed by atoms with E-state index in [4.69, 9.17) is 17.3 Å². The van der Waals surface area contributed by atoms with E-state index in [0.717, 1.165) is 31.2 Å². The van der Waals surface area contributed by atoms with Crippen LogP contribution in [0.2, 0.25) is 5.02 Å². The zero-order valence-electron chi connectivity index (χ0n) is 9.43. The first-order valence-electron chi connectivity index (χ1n) is 5.76. The SMILES string of the molecule is NC1CCCC1Cc1ccc([N+](=O)[O-])cc1Cl. The van der Waals surface area contributed by atoms with Gasteiger partial charge in [0, 0.05) is 18.2 Å². The van der Waals surface area contributed by atoms with Crippen molar-refractivity contribution in [2.24, 2.45) is 11.7 Å². The Morgan fingerprint density at radius 1 is 1.47 bits per heavy atom. The van der Waals surface area contributed by atoms with Crippen molar-refractivity contribution >= 4 is 17.3 Å². The van der Waals surface area contributed by atoms with Gasteiger partial charge in [-0.15, -0.1) is 0 Å². The molecule has 2 N–H and O–H groups in total. The molecule has 0 aromatic heterocycles. The molecule has 0 radical (unpaired) electrons. The maximum atomic E-state index is 10.6. The van der Waals surface area contributed by atoms with Gasteiger partial charge < -0.3 is 5.73 Å². The molecule has 4 nitrogen and oxygen atoms in total. The van der Waals surface area contributed by atoms with Gasteiger partial charge >= 0.3 is 0 Å². The third-order valence-corrected chi connectivity index (χ3v) is 3.80. The predicted molar refractivity (Wildman–Crippen MR) is 67.1 cm³/mol. The van der Waals surface area contributed by atoms with Crippen LogP contribution in [-0.4, -0.2) is 11.0 Å². The summed E-state index contributed by atoms with van der Waals surface area (Å²) in [5.41, 5.74) is 7.00. The number of hydrogen-bond acceptors (Lipinski definition) is 3. The smallest absolute Gasteiger partial charge is 0.270 e. The molecule has 0 aliphatic heterocycles. The third kappa shape index (κ3) is 2.76. The highest BCUT2D eigenvalue weighted by atomic mass is 35.5. The second-order valence-corrected chi connectivity index (χ2v) is 5.00. The summed E-state index contributed by atoms with van der Waals surface area (Å²) in [7, 11) is 0. The molecule has 0 saturated heterocycles. The number of non-ortho nitro benzene ring substituents is 1. The number of nitrogens with two attached hydrogens (primary N) is 1. The van der Waals surface area contributed by atoms with Gasteiger partial charge in [0.1, 0.15) is 0 Å². The molecule has 5 heteroatoms. The molecule has 1 aromatic rings. The fraction of sp³-hybridized carbons (Fsp3) is 0.500. The standard InChI is InChI=1S/C12H15ClN2O2/c13-11-7-10(15(16)17)5-4-8(11)6-9-2-1-3-12(9)14/h4-5,7,9,12H,1-3,6,14H2. The van der Waals surface area contributed by atoms with Crippen LogP contribution in [0.15, 0.2) is 18.2 Å². The molecule has 1 fully saturated rings. The van der Waals surface area contributed by atoms with E-state index in [-0.39, 0.29) is 11.7 Å². The topological polar surface area (TPSA) is 69.2 Å². The maximum absolute atomic E-state index is 10.6. The van der Waals surface area contributed by atoms with E-state index in [2.05, 4.69) is 0 Å². The summed E-state index contributed by atoms with van der Waals surface area (Å²) >= 11 is 6.05. The Kier molecular flexibility index (Phi) is 3.64. The fourth-order valence-electron chi connectivity index (χ4n) is 2.42. The second-order valence-electron chi connectivity index (χ2n) is 4.59. The second kappa shape index (κ2) is 5.02. The Hall–Kier alpha value is -1.13. The zero-order valence-corrected chi connectivity index (χ0v) is 10.2. The number of benzene rings is 1. The lowest BCUT2D eigenvalue weighted by molar-refractivity contribution is -0.384. The normalized spacial score (nSPS) is 23.9. The van der Waals surface area contributed by atoms with Crippen molar-refractivity contribution in [1.82, 2.24) is 0 Å². The van der Waals surface area contributed by atoms with Crippen molar-refractivity contribution in [2.75, 3.05) is 0 Å². The largest absolute Gasteiger partial charge is 0.327 e. The third-order valence-electron chi connectivity index (χ3n) is 3.45. The first-order valence-corrected chi connectivity index (χ1v) is 6.14. The van der Waals surface area contributed by atoms with E-state index in [1.165, 1.54) is 12.1 Å². The highest BCUT2D eigenvalue weighted by Gasteiger charge is 2.25. The van der Waals surface area contributed by atoms with Gasteiger partial charge in [-0.3, -0.25) is 10.1 Å². The molecule has 1 aromatic carbocycles. The van der Waals surface area contributed by atoms with Crippen LogP contribution < -0.4 is 5.73 Å². The molecular weight excluding hydrogens is 240 g/mol. The van der Waals surface area contributed by atoms with E-state index in [0.29, 0.717) is 10.9 Å². The van der Waals surface area contributed by atoms with Crippen LogP contribution in [0.3, 0.4) is 0 Å². The van der Waals surface area contributed by atoms with Crippen LogP contribution in [0, 0.1) is 16.0 Å². The van der Waals surface area contributed by atoms with E-state index >= 15 is 0 Å². The summed E-state index contributed by atoms with van der Waals surface area (Å²) in [5.74, 6) is 0.453. The van der Waals surface area contributed by atoms with Gasteiger partial charge in [0.2, 0.25) is 0 Å². The fourth-order valence-corrected chi connectivity index (χ4v) is 2.67. The van der Waals surface area contributed by atoms with Crippen molar-refractivity contribution in [2.45, 2.75) is 31.7 Å². The van der Waals surface area contributed by atoms with Gasteiger partial charge in [0.15, 0.2) is 0 Å². The van der Waals surface area contributed by atoms with Gasteiger partial charge in [-0.2, -0.15) is 0 Å². The van der Waals surface area contributed by atoms with Crippen LogP contribution in [-0.2, 0) is 6.42 Å². The van der Waals surface area contributed by atoms with Crippen molar-refractivity contribution in [3.05, 3.63) is 38.9 Å². The average Bonchev–Trinajstić information content (AvgIpc) is 2.67. The molecule has 17 heavy (non-hydrogen) atoms. The summed E-state index contributed by atoms with van der Waals surface area (Å²) in [6, 6.07) is 4.89. The predicted octanol–water partition coefficient (Wildman–Crippen LogP) is 2.92. The molecule has 1 aliphatic carbocycles. The van der Waals surface area contributed by atoms with Crippen LogP contribution in [0.25, 0.3) is 0 Å². The molecule has 0 heterocycles. The van der Waals surface area contributed by atoms with E-state index in [9.17, 15) is 10.1 Å². The van der Waals surface area contributed by atoms with Crippen LogP contribution in [0.4, 0.5) is 5.69 Å². The lowest BCUT2D eigenvalue weighted by atomic mass is 9.95. The molecule has 2 unspecified atom stereocenters. The monoisotopic (exact) mass is 254 g/mol. The summed E-state index contributed by atoms with van der Waals surface area (Å²) in [5, 5.41) is 11.1. The zero-order chi connectivity index (χ0) is 12.4. The minimum absolute atomic E-state index is 0.0365. The van der Waals surface area contributed by atoms with Crippen molar-refractivity contribution in [1.29, 1.82) is 0 Å². The molecule has 1 aliphatic rings. The number of nitro benzene ring substituents is 1. The van der Waals surface area contributed by atoms with Crippen molar-refractivity contribution in [3.8, 4) is 0 Å². The molecule has 0 spiro atoms. The Bertz CT molecular complexity index is 437. The summed E-state index contributed by atoms with van der Waals surface area (Å²) in [6.45, 7) is 0. The molecule has 2 rings (SSSR count). The number of rotatable bonds is 3. The lowest BCUT2D eigenvalue weighted by Crippen LogP contribution is -2.25. The Balaban J connectivity index is 2.14. The van der Waals surface area contributed by atoms with Gasteiger partial charge in [0.05, 0.1) is 9.95 Å². The summed E-state index contributed by atoms with van der Waals surface area (Å²) in [6.07, 6.45) is 4.16. The number of nitrogens with zero attached hydrogens (tertiary/aromatic N) is 1. The molecule has 1 saturated carbocycles. The number of halogens is 1. The minimum Gasteiger partial charge on any atom is -0.327 e. The summed E-state index contributed by atoms with van der Waals surface area (Å²) < 4.78 is 0. The first kappa shape index (κ1) is 12.3. The first-order chi connectivity index (χ1) is 8.08. The Morgan fingerprint density at radius 3 is 2.76 bits per heavy atom. The van der Waals surface area contributed by atoms with Gasteiger partial charge in [-0.25, -0.2) is 0 Å². The maximum Gasteiger partial charge on any atom is 0.270 e. The van der Waals surface area contributed by atoms with Crippen LogP contribution >= 0.6 is 11.6 Å². The van der Waals surface area contributed by atoms with E-state index < -0.39 is 4.92 Å². The highest BCUT2D eigenvalue weighted by molar-refractivity contribution is 6.31. The van der Waals surface area contributed by atoms with Gasteiger partial charge in [-0.05, 0) is 30.7 Å². The quantitative estimate of drug-likeness (QED) is 0.666. The van der Waals surface area contributed by atoms with Crippen molar-refractivity contribution in [3.63, 3.8) is 0 Å². The summed E-state index contributed by atoms with van der Waals surface area (Å²) in [4.78, 5) is 10.2. The van der Waals surface area contributed by atoms with Crippen LogP contribution in [0.1, 0.15) is 24.8 Å². The van der Waals surface area contributed by atoms with Crippen LogP contribution in [0.5, 0.6) is 0 Å². The minimum atomic E-state index is -0.434. The molecule has 0 bridgehead atoms.